The second-order valence-electron chi connectivity index (χ2n) is 4.28. The van der Waals surface area contributed by atoms with Gasteiger partial charge in [0.1, 0.15) is 5.82 Å². The summed E-state index contributed by atoms with van der Waals surface area (Å²) < 4.78 is 12.6. The molecule has 0 saturated heterocycles. The van der Waals surface area contributed by atoms with Crippen LogP contribution in [0.2, 0.25) is 0 Å². The zero-order valence-corrected chi connectivity index (χ0v) is 10.1. The van der Waals surface area contributed by atoms with Crippen LogP contribution in [0, 0.1) is 11.7 Å². The minimum Gasteiger partial charge on any atom is -0.207 e. The molecule has 0 amide bonds. The Balaban J connectivity index is 2.29. The molecule has 1 aromatic carbocycles. The summed E-state index contributed by atoms with van der Waals surface area (Å²) in [5.74, 6) is 0.357. The van der Waals surface area contributed by atoms with Crippen molar-refractivity contribution < 1.29 is 4.39 Å². The van der Waals surface area contributed by atoms with Gasteiger partial charge in [-0.2, -0.15) is 0 Å². The maximum absolute atomic E-state index is 12.6. The fraction of sp³-hybridized carbons (Fsp3) is 0.538. The van der Waals surface area contributed by atoms with E-state index in [-0.39, 0.29) is 11.2 Å². The molecule has 0 heterocycles. The van der Waals surface area contributed by atoms with Gasteiger partial charge in [-0.3, -0.25) is 0 Å². The first-order chi connectivity index (χ1) is 7.09. The quantitative estimate of drug-likeness (QED) is 0.655. The SMILES string of the molecule is CC(C)C(Cl)CCCc1ccc(F)cc1. The van der Waals surface area contributed by atoms with E-state index in [2.05, 4.69) is 13.8 Å². The van der Waals surface area contributed by atoms with Gasteiger partial charge in [-0.1, -0.05) is 26.0 Å². The van der Waals surface area contributed by atoms with E-state index in [1.54, 1.807) is 0 Å². The van der Waals surface area contributed by atoms with Crippen molar-refractivity contribution in [3.63, 3.8) is 0 Å². The predicted octanol–water partition coefficient (Wildman–Crippen LogP) is 4.41. The zero-order chi connectivity index (χ0) is 11.3. The van der Waals surface area contributed by atoms with Crippen LogP contribution in [0.3, 0.4) is 0 Å². The first-order valence-electron chi connectivity index (χ1n) is 5.48. The summed E-state index contributed by atoms with van der Waals surface area (Å²) in [4.78, 5) is 0. The lowest BCUT2D eigenvalue weighted by Gasteiger charge is -2.12. The van der Waals surface area contributed by atoms with Gasteiger partial charge in [0.2, 0.25) is 0 Å². The molecule has 2 heteroatoms. The van der Waals surface area contributed by atoms with Crippen LogP contribution in [-0.2, 0) is 6.42 Å². The summed E-state index contributed by atoms with van der Waals surface area (Å²) in [6, 6.07) is 6.70. The van der Waals surface area contributed by atoms with Gasteiger partial charge in [0.15, 0.2) is 0 Å². The van der Waals surface area contributed by atoms with Gasteiger partial charge >= 0.3 is 0 Å². The lowest BCUT2D eigenvalue weighted by Crippen LogP contribution is -2.07. The Labute approximate surface area is 96.5 Å². The molecule has 84 valence electrons. The molecule has 0 saturated carbocycles. The number of rotatable bonds is 5. The highest BCUT2D eigenvalue weighted by Gasteiger charge is 2.08. The Morgan fingerprint density at radius 3 is 2.33 bits per heavy atom. The fourth-order valence-electron chi connectivity index (χ4n) is 1.49. The highest BCUT2D eigenvalue weighted by Crippen LogP contribution is 2.17. The van der Waals surface area contributed by atoms with E-state index in [4.69, 9.17) is 11.6 Å². The van der Waals surface area contributed by atoms with E-state index in [1.807, 2.05) is 12.1 Å². The molecule has 1 rings (SSSR count). The number of halogens is 2. The van der Waals surface area contributed by atoms with Crippen LogP contribution >= 0.6 is 11.6 Å². The third-order valence-electron chi connectivity index (χ3n) is 2.58. The molecule has 0 aliphatic carbocycles. The molecule has 0 spiro atoms. The van der Waals surface area contributed by atoms with Gasteiger partial charge in [-0.05, 0) is 42.9 Å². The molecule has 0 fully saturated rings. The van der Waals surface area contributed by atoms with Gasteiger partial charge in [0.25, 0.3) is 0 Å². The summed E-state index contributed by atoms with van der Waals surface area (Å²) in [5.41, 5.74) is 1.18. The van der Waals surface area contributed by atoms with Crippen molar-refractivity contribution >= 4 is 11.6 Å². The van der Waals surface area contributed by atoms with Crippen molar-refractivity contribution in [3.8, 4) is 0 Å². The number of hydrogen-bond donors (Lipinski definition) is 0. The lowest BCUT2D eigenvalue weighted by atomic mass is 10.0. The Morgan fingerprint density at radius 2 is 1.80 bits per heavy atom. The highest BCUT2D eigenvalue weighted by molar-refractivity contribution is 6.20. The third-order valence-corrected chi connectivity index (χ3v) is 3.30. The van der Waals surface area contributed by atoms with E-state index in [0.717, 1.165) is 19.3 Å². The summed E-state index contributed by atoms with van der Waals surface area (Å²) >= 11 is 6.15. The maximum atomic E-state index is 12.6. The molecule has 0 aromatic heterocycles. The van der Waals surface area contributed by atoms with Crippen LogP contribution in [0.5, 0.6) is 0 Å². The van der Waals surface area contributed by atoms with Crippen LogP contribution in [-0.4, -0.2) is 5.38 Å². The van der Waals surface area contributed by atoms with Crippen LogP contribution in [0.4, 0.5) is 4.39 Å². The molecular weight excluding hydrogens is 211 g/mol. The summed E-state index contributed by atoms with van der Waals surface area (Å²) in [7, 11) is 0. The van der Waals surface area contributed by atoms with Crippen molar-refractivity contribution in [2.24, 2.45) is 5.92 Å². The van der Waals surface area contributed by atoms with Gasteiger partial charge < -0.3 is 0 Å². The molecule has 15 heavy (non-hydrogen) atoms. The van der Waals surface area contributed by atoms with Crippen molar-refractivity contribution in [2.75, 3.05) is 0 Å². The van der Waals surface area contributed by atoms with E-state index in [1.165, 1.54) is 17.7 Å². The maximum Gasteiger partial charge on any atom is 0.123 e. The summed E-state index contributed by atoms with van der Waals surface area (Å²) in [5, 5.41) is 0.255. The van der Waals surface area contributed by atoms with Crippen LogP contribution < -0.4 is 0 Å². The molecule has 0 radical (unpaired) electrons. The Morgan fingerprint density at radius 1 is 1.20 bits per heavy atom. The average molecular weight is 229 g/mol. The monoisotopic (exact) mass is 228 g/mol. The minimum absolute atomic E-state index is 0.170. The molecule has 1 unspecified atom stereocenters. The van der Waals surface area contributed by atoms with Crippen molar-refractivity contribution in [1.82, 2.24) is 0 Å². The first kappa shape index (κ1) is 12.5. The Kier molecular flexibility index (Phi) is 5.10. The van der Waals surface area contributed by atoms with E-state index < -0.39 is 0 Å². The number of aryl methyl sites for hydroxylation is 1. The molecule has 0 aliphatic heterocycles. The summed E-state index contributed by atoms with van der Waals surface area (Å²) in [6.45, 7) is 4.27. The highest BCUT2D eigenvalue weighted by atomic mass is 35.5. The van der Waals surface area contributed by atoms with Crippen LogP contribution in [0.1, 0.15) is 32.3 Å². The van der Waals surface area contributed by atoms with Crippen molar-refractivity contribution in [3.05, 3.63) is 35.6 Å². The summed E-state index contributed by atoms with van der Waals surface area (Å²) in [6.07, 6.45) is 3.07. The van der Waals surface area contributed by atoms with Crippen LogP contribution in [0.25, 0.3) is 0 Å². The van der Waals surface area contributed by atoms with E-state index >= 15 is 0 Å². The number of benzene rings is 1. The smallest absolute Gasteiger partial charge is 0.123 e. The standard InChI is InChI=1S/C13H18ClF/c1-10(2)13(14)5-3-4-11-6-8-12(15)9-7-11/h6-10,13H,3-5H2,1-2H3. The third kappa shape index (κ3) is 4.65. The molecule has 0 bridgehead atoms. The Bertz CT molecular complexity index is 279. The topological polar surface area (TPSA) is 0 Å². The number of hydrogen-bond acceptors (Lipinski definition) is 0. The van der Waals surface area contributed by atoms with Gasteiger partial charge in [-0.25, -0.2) is 4.39 Å². The molecule has 1 atom stereocenters. The first-order valence-corrected chi connectivity index (χ1v) is 5.91. The van der Waals surface area contributed by atoms with Crippen molar-refractivity contribution in [2.45, 2.75) is 38.5 Å². The van der Waals surface area contributed by atoms with Crippen molar-refractivity contribution in [1.29, 1.82) is 0 Å². The van der Waals surface area contributed by atoms with E-state index in [0.29, 0.717) is 5.92 Å². The fourth-order valence-corrected chi connectivity index (χ4v) is 1.64. The minimum atomic E-state index is -0.170. The van der Waals surface area contributed by atoms with Gasteiger partial charge in [0.05, 0.1) is 0 Å². The second kappa shape index (κ2) is 6.12. The normalized spacial score (nSPS) is 13.1. The molecule has 0 aliphatic rings. The van der Waals surface area contributed by atoms with Gasteiger partial charge in [-0.15, -0.1) is 11.6 Å². The van der Waals surface area contributed by atoms with Crippen LogP contribution in [0.15, 0.2) is 24.3 Å². The molecule has 0 nitrogen and oxygen atoms in total. The zero-order valence-electron chi connectivity index (χ0n) is 9.34. The van der Waals surface area contributed by atoms with E-state index in [9.17, 15) is 4.39 Å². The molecular formula is C13H18ClF. The predicted molar refractivity (Wildman–Crippen MR) is 63.8 cm³/mol. The Hall–Kier alpha value is -0.560. The molecule has 0 N–H and O–H groups in total. The number of alkyl halides is 1. The largest absolute Gasteiger partial charge is 0.207 e. The lowest BCUT2D eigenvalue weighted by molar-refractivity contribution is 0.547. The molecule has 1 aromatic rings. The second-order valence-corrected chi connectivity index (χ2v) is 4.84. The average Bonchev–Trinajstić information content (AvgIpc) is 2.20. The van der Waals surface area contributed by atoms with Gasteiger partial charge in [0, 0.05) is 5.38 Å².